The molecular formula is C35H34N4O7S2. The number of unbranched alkanes of at least 4 members (excludes halogenated alkanes) is 1. The van der Waals surface area contributed by atoms with E-state index in [0.717, 1.165) is 23.7 Å². The van der Waals surface area contributed by atoms with E-state index < -0.39 is 16.2 Å². The van der Waals surface area contributed by atoms with Crippen molar-refractivity contribution < 1.29 is 32.5 Å². The molecule has 0 fully saturated rings. The summed E-state index contributed by atoms with van der Waals surface area (Å²) in [5.74, 6) is 1.23. The number of hydrogen-bond acceptors (Lipinski definition) is 9. The molecule has 0 radical (unpaired) electrons. The summed E-state index contributed by atoms with van der Waals surface area (Å²) in [5.41, 5.74) is 5.15. The Morgan fingerprint density at radius 2 is 1.71 bits per heavy atom. The number of nitrogens with zero attached hydrogens (tertiary/aromatic N) is 4. The average Bonchev–Trinajstić information content (AvgIpc) is 3.66. The molecule has 0 aliphatic carbocycles. The van der Waals surface area contributed by atoms with Crippen molar-refractivity contribution >= 4 is 55.5 Å². The second-order valence-electron chi connectivity index (χ2n) is 11.2. The molecule has 1 N–H and O–H groups in total. The molecule has 48 heavy (non-hydrogen) atoms. The van der Waals surface area contributed by atoms with E-state index in [9.17, 15) is 18.3 Å². The molecule has 6 aromatic rings. The summed E-state index contributed by atoms with van der Waals surface area (Å²) >= 11 is 1.08. The van der Waals surface area contributed by atoms with Crippen LogP contribution in [0.25, 0.3) is 33.1 Å². The first-order valence-electron chi connectivity index (χ1n) is 15.2. The number of ether oxygens (including phenoxy) is 3. The second kappa shape index (κ2) is 13.5. The number of hydrogen-bond donors (Lipinski definition) is 1. The summed E-state index contributed by atoms with van der Waals surface area (Å²) in [6, 6.07) is 22.9. The predicted octanol–water partition coefficient (Wildman–Crippen LogP) is 7.74. The van der Waals surface area contributed by atoms with Crippen LogP contribution in [0.5, 0.6) is 17.4 Å². The van der Waals surface area contributed by atoms with E-state index in [1.807, 2.05) is 38.1 Å². The van der Waals surface area contributed by atoms with Crippen LogP contribution in [0.2, 0.25) is 0 Å². The van der Waals surface area contributed by atoms with Crippen LogP contribution in [0.1, 0.15) is 30.9 Å². The first kappa shape index (κ1) is 32.8. The van der Waals surface area contributed by atoms with E-state index in [1.165, 1.54) is 4.31 Å². The maximum Gasteiger partial charge on any atom is 0.512 e. The van der Waals surface area contributed by atoms with Crippen molar-refractivity contribution in [3.05, 3.63) is 90.0 Å². The third-order valence-corrected chi connectivity index (χ3v) is 10.6. The van der Waals surface area contributed by atoms with Crippen LogP contribution < -0.4 is 18.5 Å². The Kier molecular flexibility index (Phi) is 9.24. The molecule has 0 saturated heterocycles. The lowest BCUT2D eigenvalue weighted by Crippen LogP contribution is -2.32. The molecule has 0 spiro atoms. The minimum Gasteiger partial charge on any atom is -0.497 e. The highest BCUT2D eigenvalue weighted by molar-refractivity contribution is 7.92. The summed E-state index contributed by atoms with van der Waals surface area (Å²) < 4.78 is 56.8. The molecule has 248 valence electrons. The molecule has 2 heterocycles. The molecule has 0 bridgehead atoms. The predicted molar refractivity (Wildman–Crippen MR) is 186 cm³/mol. The molecule has 0 unspecified atom stereocenters. The van der Waals surface area contributed by atoms with Crippen LogP contribution in [0, 0.1) is 6.92 Å². The van der Waals surface area contributed by atoms with Crippen LogP contribution in [0.3, 0.4) is 0 Å². The SMILES string of the molecule is CCCCN(c1ccc2c(c1)c(-c1ccc3nsnc3c1)c(OC(=O)O)n2Cc1cc(OC)ccc1OC)S(=O)(=O)c1ccc(C)cc1. The van der Waals surface area contributed by atoms with Gasteiger partial charge >= 0.3 is 6.16 Å². The second-order valence-corrected chi connectivity index (χ2v) is 13.6. The van der Waals surface area contributed by atoms with Gasteiger partial charge in [0, 0.05) is 17.5 Å². The lowest BCUT2D eigenvalue weighted by molar-refractivity contribution is 0.141. The van der Waals surface area contributed by atoms with E-state index in [2.05, 4.69) is 8.75 Å². The van der Waals surface area contributed by atoms with Crippen molar-refractivity contribution in [1.82, 2.24) is 13.3 Å². The molecule has 0 atom stereocenters. The lowest BCUT2D eigenvalue weighted by atomic mass is 10.0. The number of rotatable bonds is 12. The minimum atomic E-state index is -3.94. The van der Waals surface area contributed by atoms with Crippen molar-refractivity contribution in [3.8, 4) is 28.5 Å². The first-order chi connectivity index (χ1) is 23.1. The van der Waals surface area contributed by atoms with Gasteiger partial charge in [-0.25, -0.2) is 13.2 Å². The highest BCUT2D eigenvalue weighted by Crippen LogP contribution is 2.44. The van der Waals surface area contributed by atoms with Crippen molar-refractivity contribution in [2.45, 2.75) is 38.1 Å². The average molecular weight is 687 g/mol. The zero-order chi connectivity index (χ0) is 34.0. The number of sulfonamides is 1. The summed E-state index contributed by atoms with van der Waals surface area (Å²) in [6.07, 6.45) is -0.0844. The van der Waals surface area contributed by atoms with Gasteiger partial charge in [0.05, 0.1) is 54.2 Å². The number of anilines is 1. The fourth-order valence-corrected chi connectivity index (χ4v) is 7.75. The fourth-order valence-electron chi connectivity index (χ4n) is 5.74. The van der Waals surface area contributed by atoms with Crippen molar-refractivity contribution in [3.63, 3.8) is 0 Å². The van der Waals surface area contributed by atoms with E-state index in [0.29, 0.717) is 62.2 Å². The molecule has 4 aromatic carbocycles. The topological polar surface area (TPSA) is 133 Å². The van der Waals surface area contributed by atoms with Gasteiger partial charge in [-0.3, -0.25) is 4.31 Å². The zero-order valence-electron chi connectivity index (χ0n) is 26.8. The molecule has 6 rings (SSSR count). The Labute approximate surface area is 282 Å². The van der Waals surface area contributed by atoms with Crippen molar-refractivity contribution in [2.75, 3.05) is 25.1 Å². The van der Waals surface area contributed by atoms with Gasteiger partial charge in [-0.15, -0.1) is 0 Å². The lowest BCUT2D eigenvalue weighted by Gasteiger charge is -2.25. The maximum atomic E-state index is 14.1. The largest absolute Gasteiger partial charge is 0.512 e. The molecular weight excluding hydrogens is 653 g/mol. The first-order valence-corrected chi connectivity index (χ1v) is 17.4. The van der Waals surface area contributed by atoms with Crippen LogP contribution >= 0.6 is 11.7 Å². The number of benzene rings is 4. The smallest absolute Gasteiger partial charge is 0.497 e. The number of aryl methyl sites for hydroxylation is 1. The van der Waals surface area contributed by atoms with Crippen LogP contribution in [-0.4, -0.2) is 53.8 Å². The van der Waals surface area contributed by atoms with E-state index in [-0.39, 0.29) is 23.9 Å². The van der Waals surface area contributed by atoms with Gasteiger partial charge in [-0.1, -0.05) is 37.1 Å². The van der Waals surface area contributed by atoms with Gasteiger partial charge in [0.15, 0.2) is 0 Å². The minimum absolute atomic E-state index is 0.0589. The number of carboxylic acid groups (broad SMARTS) is 1. The number of carbonyl (C=O) groups is 1. The number of methoxy groups -OCH3 is 2. The third kappa shape index (κ3) is 6.26. The van der Waals surface area contributed by atoms with E-state index in [4.69, 9.17) is 14.2 Å². The molecule has 2 aromatic heterocycles. The highest BCUT2D eigenvalue weighted by atomic mass is 32.2. The van der Waals surface area contributed by atoms with Crippen molar-refractivity contribution in [2.24, 2.45) is 0 Å². The Balaban J connectivity index is 1.62. The zero-order valence-corrected chi connectivity index (χ0v) is 28.5. The van der Waals surface area contributed by atoms with Crippen LogP contribution in [0.15, 0.2) is 83.8 Å². The molecule has 0 aliphatic rings. The number of fused-ring (bicyclic) bond motifs is 2. The van der Waals surface area contributed by atoms with E-state index >= 15 is 0 Å². The summed E-state index contributed by atoms with van der Waals surface area (Å²) in [5, 5.41) is 10.6. The van der Waals surface area contributed by atoms with Crippen LogP contribution in [0.4, 0.5) is 10.5 Å². The Morgan fingerprint density at radius 3 is 2.42 bits per heavy atom. The molecule has 0 amide bonds. The molecule has 13 heteroatoms. The molecule has 11 nitrogen and oxygen atoms in total. The Morgan fingerprint density at radius 1 is 0.938 bits per heavy atom. The standard InChI is InChI=1S/C35H34N4O7S2/c1-5-6-17-39(48(42,43)27-12-7-22(2)8-13-27)25-10-15-31-28(20-25)33(23-9-14-29-30(19-23)37-47-36-29)34(46-35(40)41)38(31)21-24-18-26(44-3)11-16-32(24)45-4/h7-16,18-20H,5-6,17,21H2,1-4H3,(H,40,41). The normalized spacial score (nSPS) is 11.6. The number of aromatic nitrogens is 3. The monoisotopic (exact) mass is 686 g/mol. The van der Waals surface area contributed by atoms with Gasteiger partial charge < -0.3 is 23.9 Å². The van der Waals surface area contributed by atoms with Gasteiger partial charge in [0.2, 0.25) is 5.88 Å². The van der Waals surface area contributed by atoms with Crippen molar-refractivity contribution in [1.29, 1.82) is 0 Å². The quantitative estimate of drug-likeness (QED) is 0.128. The molecule has 0 aliphatic heterocycles. The van der Waals surface area contributed by atoms with E-state index in [1.54, 1.807) is 73.4 Å². The third-order valence-electron chi connectivity index (χ3n) is 8.15. The molecule has 0 saturated carbocycles. The van der Waals surface area contributed by atoms with Gasteiger partial charge in [0.25, 0.3) is 10.0 Å². The summed E-state index contributed by atoms with van der Waals surface area (Å²) in [4.78, 5) is 12.4. The fraction of sp³-hybridized carbons (Fsp3) is 0.229. The summed E-state index contributed by atoms with van der Waals surface area (Å²) in [7, 11) is -0.824. The van der Waals surface area contributed by atoms with Gasteiger partial charge in [0.1, 0.15) is 22.5 Å². The van der Waals surface area contributed by atoms with Gasteiger partial charge in [-0.2, -0.15) is 8.75 Å². The van der Waals surface area contributed by atoms with Crippen LogP contribution in [-0.2, 0) is 16.6 Å². The van der Waals surface area contributed by atoms with Gasteiger partial charge in [-0.05, 0) is 79.6 Å². The maximum absolute atomic E-state index is 14.1. The summed E-state index contributed by atoms with van der Waals surface area (Å²) in [6.45, 7) is 4.32. The Bertz CT molecular complexity index is 2230. The highest BCUT2D eigenvalue weighted by Gasteiger charge is 2.28. The Hall–Kier alpha value is -5.14.